The minimum atomic E-state index is -3.55. The van der Waals surface area contributed by atoms with Gasteiger partial charge in [0.05, 0.1) is 18.2 Å². The molecule has 2 amide bonds. The van der Waals surface area contributed by atoms with Crippen molar-refractivity contribution in [2.45, 2.75) is 56.1 Å². The SMILES string of the molecule is CS(=O)(=O)N[C@H]1CCCC[C@@H]1N1C(=O)c2ccccc2[C@@H](C(=O)NCCc2cc[c]cc2)[C@@H]1c1ccc(Cl)cc1Cl. The van der Waals surface area contributed by atoms with E-state index in [2.05, 4.69) is 16.1 Å². The lowest BCUT2D eigenvalue weighted by molar-refractivity contribution is -0.124. The van der Waals surface area contributed by atoms with E-state index in [1.165, 1.54) is 0 Å². The molecule has 2 N–H and O–H groups in total. The maximum Gasteiger partial charge on any atom is 0.255 e. The van der Waals surface area contributed by atoms with Crippen molar-refractivity contribution in [1.82, 2.24) is 14.9 Å². The summed E-state index contributed by atoms with van der Waals surface area (Å²) in [5, 5.41) is 3.86. The van der Waals surface area contributed by atoms with Crippen molar-refractivity contribution in [3.63, 3.8) is 0 Å². The molecule has 3 aromatic carbocycles. The molecule has 215 valence electrons. The van der Waals surface area contributed by atoms with Gasteiger partial charge in [-0.2, -0.15) is 0 Å². The number of sulfonamides is 1. The van der Waals surface area contributed by atoms with E-state index in [1.54, 1.807) is 35.2 Å². The largest absolute Gasteiger partial charge is 0.355 e. The maximum absolute atomic E-state index is 14.3. The molecule has 3 aromatic rings. The van der Waals surface area contributed by atoms with Gasteiger partial charge in [0.15, 0.2) is 0 Å². The quantitative estimate of drug-likeness (QED) is 0.361. The summed E-state index contributed by atoms with van der Waals surface area (Å²) in [6.45, 7) is 0.401. The molecule has 0 saturated heterocycles. The molecule has 1 saturated carbocycles. The van der Waals surface area contributed by atoms with Gasteiger partial charge in [0.2, 0.25) is 15.9 Å². The van der Waals surface area contributed by atoms with Gasteiger partial charge in [0.1, 0.15) is 0 Å². The van der Waals surface area contributed by atoms with E-state index >= 15 is 0 Å². The molecule has 41 heavy (non-hydrogen) atoms. The number of carbonyl (C=O) groups is 2. The van der Waals surface area contributed by atoms with E-state index < -0.39 is 34.1 Å². The van der Waals surface area contributed by atoms with Crippen molar-refractivity contribution in [3.8, 4) is 0 Å². The lowest BCUT2D eigenvalue weighted by Gasteiger charge is -2.49. The number of nitrogens with zero attached hydrogens (tertiary/aromatic N) is 1. The number of amides is 2. The molecule has 5 rings (SSSR count). The first kappa shape index (κ1) is 29.6. The minimum Gasteiger partial charge on any atom is -0.355 e. The highest BCUT2D eigenvalue weighted by Crippen LogP contribution is 2.47. The molecular weight excluding hydrogens is 581 g/mol. The third-order valence-electron chi connectivity index (χ3n) is 7.89. The first-order valence-electron chi connectivity index (χ1n) is 13.7. The van der Waals surface area contributed by atoms with Crippen LogP contribution in [0.15, 0.2) is 66.7 Å². The number of rotatable bonds is 8. The van der Waals surface area contributed by atoms with Gasteiger partial charge in [-0.3, -0.25) is 9.59 Å². The first-order chi connectivity index (χ1) is 19.6. The second kappa shape index (κ2) is 12.5. The first-order valence-corrected chi connectivity index (χ1v) is 16.4. The Morgan fingerprint density at radius 3 is 2.49 bits per heavy atom. The van der Waals surface area contributed by atoms with E-state index in [0.717, 1.165) is 24.7 Å². The maximum atomic E-state index is 14.3. The summed E-state index contributed by atoms with van der Waals surface area (Å²) in [4.78, 5) is 30.1. The second-order valence-electron chi connectivity index (χ2n) is 10.7. The van der Waals surface area contributed by atoms with Crippen molar-refractivity contribution in [1.29, 1.82) is 0 Å². The zero-order chi connectivity index (χ0) is 29.1. The van der Waals surface area contributed by atoms with Crippen LogP contribution in [-0.2, 0) is 21.2 Å². The zero-order valence-corrected chi connectivity index (χ0v) is 25.0. The summed E-state index contributed by atoms with van der Waals surface area (Å²) < 4.78 is 27.4. The predicted molar refractivity (Wildman–Crippen MR) is 161 cm³/mol. The van der Waals surface area contributed by atoms with E-state index in [9.17, 15) is 18.0 Å². The smallest absolute Gasteiger partial charge is 0.255 e. The lowest BCUT2D eigenvalue weighted by Crippen LogP contribution is -2.59. The van der Waals surface area contributed by atoms with Crippen LogP contribution in [-0.4, -0.2) is 50.0 Å². The molecule has 10 heteroatoms. The van der Waals surface area contributed by atoms with E-state index in [1.807, 2.05) is 36.4 Å². The molecule has 1 fully saturated rings. The highest BCUT2D eigenvalue weighted by Gasteiger charge is 2.49. The molecule has 4 atom stereocenters. The Morgan fingerprint density at radius 1 is 1.02 bits per heavy atom. The van der Waals surface area contributed by atoms with Crippen LogP contribution >= 0.6 is 23.2 Å². The Kier molecular flexibility index (Phi) is 9.04. The van der Waals surface area contributed by atoms with Crippen LogP contribution in [0, 0.1) is 6.07 Å². The lowest BCUT2D eigenvalue weighted by atomic mass is 9.76. The highest BCUT2D eigenvalue weighted by molar-refractivity contribution is 7.88. The van der Waals surface area contributed by atoms with Crippen molar-refractivity contribution in [2.75, 3.05) is 12.8 Å². The van der Waals surface area contributed by atoms with Gasteiger partial charge in [-0.15, -0.1) is 0 Å². The van der Waals surface area contributed by atoms with Crippen molar-refractivity contribution in [3.05, 3.63) is 105 Å². The van der Waals surface area contributed by atoms with Crippen LogP contribution in [0.4, 0.5) is 0 Å². The fraction of sp³-hybridized carbons (Fsp3) is 0.355. The molecule has 2 aliphatic rings. The summed E-state index contributed by atoms with van der Waals surface area (Å²) in [5.41, 5.74) is 2.69. The molecule has 1 aliphatic carbocycles. The average Bonchev–Trinajstić information content (AvgIpc) is 2.93. The summed E-state index contributed by atoms with van der Waals surface area (Å²) in [6.07, 6.45) is 4.57. The number of hydrogen-bond donors (Lipinski definition) is 2. The fourth-order valence-electron chi connectivity index (χ4n) is 6.16. The van der Waals surface area contributed by atoms with Gasteiger partial charge in [0.25, 0.3) is 5.91 Å². The fourth-order valence-corrected chi connectivity index (χ4v) is 7.50. The van der Waals surface area contributed by atoms with Crippen LogP contribution in [0.1, 0.15) is 64.7 Å². The van der Waals surface area contributed by atoms with Crippen molar-refractivity contribution >= 4 is 45.0 Å². The topological polar surface area (TPSA) is 95.6 Å². The third kappa shape index (κ3) is 6.61. The molecule has 1 aliphatic heterocycles. The number of carbonyl (C=O) groups excluding carboxylic acids is 2. The van der Waals surface area contributed by atoms with Gasteiger partial charge in [0, 0.05) is 34.2 Å². The van der Waals surface area contributed by atoms with Crippen LogP contribution in [0.5, 0.6) is 0 Å². The van der Waals surface area contributed by atoms with E-state index in [4.69, 9.17) is 23.2 Å². The molecule has 0 bridgehead atoms. The highest BCUT2D eigenvalue weighted by atomic mass is 35.5. The normalized spacial score (nSPS) is 22.7. The summed E-state index contributed by atoms with van der Waals surface area (Å²) >= 11 is 13.0. The molecule has 0 spiro atoms. The van der Waals surface area contributed by atoms with Gasteiger partial charge >= 0.3 is 0 Å². The standard InChI is InChI=1S/C31H32Cl2N3O4S/c1-41(39,40)35-26-13-7-8-14-27(26)36-29(24-16-15-21(32)19-25(24)33)28(22-11-5-6-12-23(22)31(36)38)30(37)34-18-17-20-9-3-2-4-10-20/h3-6,9-12,15-16,19,26-29,35H,7-8,13-14,17-18H2,1H3,(H,34,37)/t26-,27-,28+,29-/m0/s1. The number of nitrogens with one attached hydrogen (secondary N) is 2. The number of fused-ring (bicyclic) bond motifs is 1. The molecule has 1 radical (unpaired) electrons. The van der Waals surface area contributed by atoms with Gasteiger partial charge < -0.3 is 10.2 Å². The third-order valence-corrected chi connectivity index (χ3v) is 9.19. The van der Waals surface area contributed by atoms with Crippen LogP contribution < -0.4 is 10.0 Å². The summed E-state index contributed by atoms with van der Waals surface area (Å²) in [6, 6.07) is 21.0. The summed E-state index contributed by atoms with van der Waals surface area (Å²) in [7, 11) is -3.55. The number of halogens is 2. The molecular formula is C31H32Cl2N3O4S. The number of hydrogen-bond acceptors (Lipinski definition) is 4. The Hall–Kier alpha value is -2.91. The van der Waals surface area contributed by atoms with Gasteiger partial charge in [-0.1, -0.05) is 84.6 Å². The Bertz CT molecular complexity index is 1530. The molecule has 0 aromatic heterocycles. The van der Waals surface area contributed by atoms with Gasteiger partial charge in [-0.25, -0.2) is 13.1 Å². The van der Waals surface area contributed by atoms with E-state index in [-0.39, 0.29) is 11.8 Å². The van der Waals surface area contributed by atoms with Crippen molar-refractivity contribution in [2.24, 2.45) is 0 Å². The molecule has 0 unspecified atom stereocenters. The predicted octanol–water partition coefficient (Wildman–Crippen LogP) is 5.29. The van der Waals surface area contributed by atoms with E-state index in [0.29, 0.717) is 52.5 Å². The summed E-state index contributed by atoms with van der Waals surface area (Å²) in [5.74, 6) is -1.28. The van der Waals surface area contributed by atoms with Crippen LogP contribution in [0.3, 0.4) is 0 Å². The Morgan fingerprint density at radius 2 is 1.76 bits per heavy atom. The minimum absolute atomic E-state index is 0.239. The zero-order valence-electron chi connectivity index (χ0n) is 22.6. The van der Waals surface area contributed by atoms with Crippen LogP contribution in [0.25, 0.3) is 0 Å². The monoisotopic (exact) mass is 612 g/mol. The van der Waals surface area contributed by atoms with Crippen LogP contribution in [0.2, 0.25) is 10.0 Å². The van der Waals surface area contributed by atoms with Crippen molar-refractivity contribution < 1.29 is 18.0 Å². The number of benzene rings is 3. The molecule has 1 heterocycles. The Balaban J connectivity index is 1.60. The average molecular weight is 614 g/mol. The second-order valence-corrected chi connectivity index (χ2v) is 13.3. The van der Waals surface area contributed by atoms with Gasteiger partial charge in [-0.05, 0) is 60.2 Å². The molecule has 7 nitrogen and oxygen atoms in total. The Labute approximate surface area is 251 Å².